The number of methoxy groups -OCH3 is 1. The Morgan fingerprint density at radius 2 is 2.00 bits per heavy atom. The molecule has 1 atom stereocenters. The molecule has 0 fully saturated rings. The minimum Gasteiger partial charge on any atom is -0.495 e. The molecule has 0 amide bonds. The Balaban J connectivity index is 1.42. The Kier molecular flexibility index (Phi) is 5.69. The molecule has 10 nitrogen and oxygen atoms in total. The number of ether oxygens (including phenoxy) is 1. The number of rotatable bonds is 7. The van der Waals surface area contributed by atoms with Crippen molar-refractivity contribution in [1.29, 1.82) is 0 Å². The smallest absolute Gasteiger partial charge is 0.163 e. The number of pyridine rings is 2. The first-order valence-corrected chi connectivity index (χ1v) is 10.9. The number of anilines is 2. The van der Waals surface area contributed by atoms with Gasteiger partial charge in [0.05, 0.1) is 36.7 Å². The van der Waals surface area contributed by atoms with Crippen LogP contribution < -0.4 is 10.1 Å². The van der Waals surface area contributed by atoms with Gasteiger partial charge in [-0.3, -0.25) is 4.68 Å². The molecule has 4 aromatic heterocycles. The fourth-order valence-electron chi connectivity index (χ4n) is 3.77. The van der Waals surface area contributed by atoms with Crippen molar-refractivity contribution in [2.45, 2.75) is 19.0 Å². The van der Waals surface area contributed by atoms with E-state index in [1.54, 1.807) is 36.7 Å². The molecule has 5 aromatic rings. The highest BCUT2D eigenvalue weighted by Crippen LogP contribution is 2.32. The van der Waals surface area contributed by atoms with Crippen LogP contribution in [0.4, 0.5) is 11.5 Å². The Bertz CT molecular complexity index is 1510. The molecule has 0 spiro atoms. The number of aryl methyl sites for hydroxylation is 1. The molecule has 0 aliphatic rings. The van der Waals surface area contributed by atoms with E-state index in [0.717, 1.165) is 39.2 Å². The van der Waals surface area contributed by atoms with Gasteiger partial charge in [-0.1, -0.05) is 0 Å². The molecule has 4 heterocycles. The number of benzene rings is 1. The van der Waals surface area contributed by atoms with Gasteiger partial charge in [0, 0.05) is 47.5 Å². The minimum atomic E-state index is -1.35. The fraction of sp³-hybridized carbons (Fsp3) is 0.208. The zero-order chi connectivity index (χ0) is 24.6. The van der Waals surface area contributed by atoms with E-state index in [9.17, 15) is 5.11 Å². The summed E-state index contributed by atoms with van der Waals surface area (Å²) in [5, 5.41) is 26.4. The van der Waals surface area contributed by atoms with Crippen LogP contribution in [-0.4, -0.2) is 60.1 Å². The number of nitrogens with one attached hydrogen (secondary N) is 1. The highest BCUT2D eigenvalue weighted by atomic mass is 16.5. The van der Waals surface area contributed by atoms with Crippen LogP contribution >= 0.6 is 0 Å². The van der Waals surface area contributed by atoms with E-state index in [2.05, 4.69) is 25.6 Å². The summed E-state index contributed by atoms with van der Waals surface area (Å²) in [7, 11) is 9.19. The zero-order valence-corrected chi connectivity index (χ0v) is 19.5. The second kappa shape index (κ2) is 8.84. The molecule has 0 bridgehead atoms. The van der Waals surface area contributed by atoms with Crippen LogP contribution in [-0.2, 0) is 13.6 Å². The van der Waals surface area contributed by atoms with Gasteiger partial charge in [-0.05, 0) is 37.3 Å². The van der Waals surface area contributed by atoms with Crippen molar-refractivity contribution < 1.29 is 9.84 Å². The summed E-state index contributed by atoms with van der Waals surface area (Å²) in [4.78, 5) is 9.30. The number of aromatic nitrogens is 7. The Morgan fingerprint density at radius 3 is 2.74 bits per heavy atom. The van der Waals surface area contributed by atoms with Crippen molar-refractivity contribution >= 4 is 30.3 Å². The predicted octanol–water partition coefficient (Wildman–Crippen LogP) is 2.92. The second-order valence-electron chi connectivity index (χ2n) is 8.55. The first kappa shape index (κ1) is 22.5. The van der Waals surface area contributed by atoms with Crippen LogP contribution in [0.25, 0.3) is 33.5 Å². The van der Waals surface area contributed by atoms with Gasteiger partial charge >= 0.3 is 0 Å². The summed E-state index contributed by atoms with van der Waals surface area (Å²) in [6, 6.07) is 11.5. The van der Waals surface area contributed by atoms with Gasteiger partial charge in [-0.2, -0.15) is 5.10 Å². The van der Waals surface area contributed by atoms with E-state index in [1.165, 1.54) is 6.92 Å². The van der Waals surface area contributed by atoms with Crippen LogP contribution in [0, 0.1) is 0 Å². The quantitative estimate of drug-likeness (QED) is 0.352. The molecule has 0 saturated carbocycles. The normalized spacial score (nSPS) is 13.0. The molecule has 174 valence electrons. The van der Waals surface area contributed by atoms with Crippen molar-refractivity contribution in [2.75, 3.05) is 12.4 Å². The highest BCUT2D eigenvalue weighted by Gasteiger charge is 2.15. The lowest BCUT2D eigenvalue weighted by Crippen LogP contribution is -2.30. The predicted molar refractivity (Wildman–Crippen MR) is 133 cm³/mol. The maximum absolute atomic E-state index is 9.83. The monoisotopic (exact) mass is 466 g/mol. The number of hydrogen-bond acceptors (Lipinski definition) is 8. The summed E-state index contributed by atoms with van der Waals surface area (Å²) in [5.74, 6) is 2.02. The van der Waals surface area contributed by atoms with Crippen molar-refractivity contribution in [2.24, 2.45) is 7.05 Å². The Morgan fingerprint density at radius 1 is 1.14 bits per heavy atom. The summed E-state index contributed by atoms with van der Waals surface area (Å²) < 4.78 is 9.04. The van der Waals surface area contributed by atoms with E-state index in [1.807, 2.05) is 48.0 Å². The number of fused-ring (bicyclic) bond motifs is 1. The van der Waals surface area contributed by atoms with Crippen molar-refractivity contribution in [3.63, 3.8) is 0 Å². The number of aliphatic hydroxyl groups is 1. The summed E-state index contributed by atoms with van der Waals surface area (Å²) >= 11 is 0. The molecular weight excluding hydrogens is 443 g/mol. The molecule has 11 heteroatoms. The lowest BCUT2D eigenvalue weighted by Gasteiger charge is -2.16. The standard InChI is InChI=1S/C24H23BN8O2/c1-24(25,34)13-33-12-17(11-28-33)18-6-5-16-10-26-22(9-20(16)29-18)30-19-7-4-15(8-21(19)35-3)23-31-27-14-32(23)2/h4-12,14,34H,13H2,1-3H3,(H,26,30). The topological polar surface area (TPSA) is 116 Å². The Hall–Kier alpha value is -4.25. The van der Waals surface area contributed by atoms with Crippen LogP contribution in [0.5, 0.6) is 5.75 Å². The van der Waals surface area contributed by atoms with Crippen molar-refractivity contribution in [3.8, 4) is 28.4 Å². The lowest BCUT2D eigenvalue weighted by atomic mass is 9.84. The van der Waals surface area contributed by atoms with Crippen molar-refractivity contribution in [1.82, 2.24) is 34.5 Å². The SMILES string of the molecule is [B]C(C)(O)Cn1cc(-c2ccc3cnc(Nc4ccc(-c5nncn5C)cc4OC)cc3n2)cn1. The van der Waals surface area contributed by atoms with Crippen molar-refractivity contribution in [3.05, 3.63) is 61.3 Å². The largest absolute Gasteiger partial charge is 0.495 e. The zero-order valence-electron chi connectivity index (χ0n) is 19.5. The summed E-state index contributed by atoms with van der Waals surface area (Å²) in [6.07, 6.45) is 6.92. The molecule has 0 saturated heterocycles. The van der Waals surface area contributed by atoms with E-state index in [-0.39, 0.29) is 6.54 Å². The Labute approximate surface area is 203 Å². The maximum Gasteiger partial charge on any atom is 0.163 e. The van der Waals surface area contributed by atoms with E-state index >= 15 is 0 Å². The average molecular weight is 466 g/mol. The molecular formula is C24H23BN8O2. The maximum atomic E-state index is 9.83. The lowest BCUT2D eigenvalue weighted by molar-refractivity contribution is 0.123. The number of hydrogen-bond donors (Lipinski definition) is 2. The van der Waals surface area contributed by atoms with Gasteiger partial charge in [0.15, 0.2) is 5.82 Å². The molecule has 2 radical (unpaired) electrons. The van der Waals surface area contributed by atoms with Gasteiger partial charge in [0.25, 0.3) is 0 Å². The summed E-state index contributed by atoms with van der Waals surface area (Å²) in [5.41, 5.74) is 2.65. The van der Waals surface area contributed by atoms with Gasteiger partial charge in [0.1, 0.15) is 25.7 Å². The van der Waals surface area contributed by atoms with Gasteiger partial charge < -0.3 is 19.7 Å². The third-order valence-electron chi connectivity index (χ3n) is 5.42. The summed E-state index contributed by atoms with van der Waals surface area (Å²) in [6.45, 7) is 1.71. The van der Waals surface area contributed by atoms with Gasteiger partial charge in [-0.25, -0.2) is 9.97 Å². The molecule has 1 aromatic carbocycles. The van der Waals surface area contributed by atoms with E-state index in [0.29, 0.717) is 11.6 Å². The molecule has 5 rings (SSSR count). The molecule has 0 aliphatic heterocycles. The third kappa shape index (κ3) is 4.85. The number of nitrogens with zero attached hydrogens (tertiary/aromatic N) is 7. The van der Waals surface area contributed by atoms with E-state index in [4.69, 9.17) is 17.6 Å². The second-order valence-corrected chi connectivity index (χ2v) is 8.55. The first-order chi connectivity index (χ1) is 16.8. The van der Waals surface area contributed by atoms with Gasteiger partial charge in [-0.15, -0.1) is 10.2 Å². The van der Waals surface area contributed by atoms with Crippen LogP contribution in [0.1, 0.15) is 6.92 Å². The fourth-order valence-corrected chi connectivity index (χ4v) is 3.77. The van der Waals surface area contributed by atoms with Crippen LogP contribution in [0.2, 0.25) is 0 Å². The molecule has 0 aliphatic carbocycles. The van der Waals surface area contributed by atoms with Gasteiger partial charge in [0.2, 0.25) is 0 Å². The average Bonchev–Trinajstić information content (AvgIpc) is 3.46. The third-order valence-corrected chi connectivity index (χ3v) is 5.42. The molecule has 2 N–H and O–H groups in total. The van der Waals surface area contributed by atoms with Crippen LogP contribution in [0.15, 0.2) is 61.3 Å². The molecule has 1 unspecified atom stereocenters. The minimum absolute atomic E-state index is 0.176. The van der Waals surface area contributed by atoms with Crippen LogP contribution in [0.3, 0.4) is 0 Å². The highest BCUT2D eigenvalue weighted by molar-refractivity contribution is 6.13. The molecule has 35 heavy (non-hydrogen) atoms. The first-order valence-electron chi connectivity index (χ1n) is 10.9. The van der Waals surface area contributed by atoms with E-state index < -0.39 is 5.50 Å².